The van der Waals surface area contributed by atoms with Gasteiger partial charge in [0.2, 0.25) is 0 Å². The van der Waals surface area contributed by atoms with Crippen LogP contribution in [0.2, 0.25) is 0 Å². The first kappa shape index (κ1) is 20.2. The topological polar surface area (TPSA) is 12.9 Å². The van der Waals surface area contributed by atoms with E-state index in [1.54, 1.807) is 0 Å². The monoisotopic (exact) mass is 413 g/mol. The molecule has 0 aliphatic rings. The van der Waals surface area contributed by atoms with Crippen LogP contribution in [0.25, 0.3) is 44.3 Å². The third-order valence-electron chi connectivity index (χ3n) is 6.05. The fraction of sp³-hybridized carbons (Fsp3) is 0.129. The lowest BCUT2D eigenvalue weighted by Gasteiger charge is -2.22. The van der Waals surface area contributed by atoms with Gasteiger partial charge in [-0.1, -0.05) is 99.6 Å². The number of pyridine rings is 1. The Hall–Kier alpha value is -3.71. The molecule has 0 amide bonds. The molecule has 1 heteroatoms. The smallest absolute Gasteiger partial charge is 0.0708 e. The standard InChI is InChI=1S/C31H27N/c1-31(2,3)29-20-27(19-26-11-7-8-12-28(26)29)30-21-25(17-18-32-30)24-15-13-23(14-16-24)22-9-5-4-6-10-22/h4-21H,1-3H3. The van der Waals surface area contributed by atoms with Crippen LogP contribution in [0.3, 0.4) is 0 Å². The van der Waals surface area contributed by atoms with Crippen LogP contribution in [0.1, 0.15) is 26.3 Å². The average Bonchev–Trinajstić information content (AvgIpc) is 2.83. The molecule has 0 spiro atoms. The molecule has 4 aromatic carbocycles. The van der Waals surface area contributed by atoms with Crippen molar-refractivity contribution in [1.82, 2.24) is 4.98 Å². The quantitative estimate of drug-likeness (QED) is 0.289. The number of hydrogen-bond donors (Lipinski definition) is 0. The second kappa shape index (κ2) is 8.09. The highest BCUT2D eigenvalue weighted by molar-refractivity contribution is 5.91. The number of fused-ring (bicyclic) bond motifs is 1. The van der Waals surface area contributed by atoms with Crippen LogP contribution in [-0.2, 0) is 5.41 Å². The number of benzene rings is 4. The molecule has 0 saturated heterocycles. The van der Waals surface area contributed by atoms with Crippen LogP contribution >= 0.6 is 0 Å². The van der Waals surface area contributed by atoms with Crippen molar-refractivity contribution in [3.63, 3.8) is 0 Å². The molecule has 1 nitrogen and oxygen atoms in total. The van der Waals surface area contributed by atoms with E-state index < -0.39 is 0 Å². The summed E-state index contributed by atoms with van der Waals surface area (Å²) in [6.07, 6.45) is 1.92. The van der Waals surface area contributed by atoms with Gasteiger partial charge in [-0.3, -0.25) is 4.98 Å². The van der Waals surface area contributed by atoms with Gasteiger partial charge >= 0.3 is 0 Å². The van der Waals surface area contributed by atoms with E-state index >= 15 is 0 Å². The van der Waals surface area contributed by atoms with E-state index in [0.717, 1.165) is 11.3 Å². The molecule has 1 aromatic heterocycles. The summed E-state index contributed by atoms with van der Waals surface area (Å²) in [7, 11) is 0. The van der Waals surface area contributed by atoms with Crippen molar-refractivity contribution in [3.05, 3.63) is 115 Å². The minimum Gasteiger partial charge on any atom is -0.256 e. The number of hydrogen-bond acceptors (Lipinski definition) is 1. The second-order valence-corrected chi connectivity index (χ2v) is 9.37. The molecule has 0 atom stereocenters. The molecule has 0 saturated carbocycles. The highest BCUT2D eigenvalue weighted by Crippen LogP contribution is 2.35. The summed E-state index contributed by atoms with van der Waals surface area (Å²) in [5, 5.41) is 2.57. The molecule has 5 aromatic rings. The molecule has 0 unspecified atom stereocenters. The summed E-state index contributed by atoms with van der Waals surface area (Å²) in [6, 6.07) is 36.8. The number of nitrogens with zero attached hydrogens (tertiary/aromatic N) is 1. The zero-order valence-corrected chi connectivity index (χ0v) is 18.8. The van der Waals surface area contributed by atoms with E-state index in [2.05, 4.69) is 118 Å². The fourth-order valence-electron chi connectivity index (χ4n) is 4.33. The van der Waals surface area contributed by atoms with E-state index in [0.29, 0.717) is 0 Å². The first-order chi connectivity index (χ1) is 15.5. The molecular weight excluding hydrogens is 386 g/mol. The number of aromatic nitrogens is 1. The molecule has 0 N–H and O–H groups in total. The average molecular weight is 414 g/mol. The maximum atomic E-state index is 4.73. The minimum absolute atomic E-state index is 0.0560. The molecule has 156 valence electrons. The number of rotatable bonds is 3. The Morgan fingerprint density at radius 2 is 1.16 bits per heavy atom. The summed E-state index contributed by atoms with van der Waals surface area (Å²) in [5.74, 6) is 0. The van der Waals surface area contributed by atoms with Crippen LogP contribution < -0.4 is 0 Å². The highest BCUT2D eigenvalue weighted by Gasteiger charge is 2.18. The third kappa shape index (κ3) is 3.94. The predicted molar refractivity (Wildman–Crippen MR) is 137 cm³/mol. The van der Waals surface area contributed by atoms with Crippen LogP contribution in [0.4, 0.5) is 0 Å². The van der Waals surface area contributed by atoms with E-state index in [9.17, 15) is 0 Å². The molecule has 0 bridgehead atoms. The highest BCUT2D eigenvalue weighted by atomic mass is 14.7. The van der Waals surface area contributed by atoms with Crippen molar-refractivity contribution in [1.29, 1.82) is 0 Å². The fourth-order valence-corrected chi connectivity index (χ4v) is 4.33. The summed E-state index contributed by atoms with van der Waals surface area (Å²) in [5.41, 5.74) is 8.42. The van der Waals surface area contributed by atoms with Crippen molar-refractivity contribution < 1.29 is 0 Å². The van der Waals surface area contributed by atoms with E-state index in [1.807, 2.05) is 12.3 Å². The van der Waals surface area contributed by atoms with Crippen LogP contribution in [0.15, 0.2) is 109 Å². The van der Waals surface area contributed by atoms with Crippen LogP contribution in [-0.4, -0.2) is 4.98 Å². The maximum Gasteiger partial charge on any atom is 0.0708 e. The Labute approximate surface area is 190 Å². The van der Waals surface area contributed by atoms with Crippen molar-refractivity contribution in [2.75, 3.05) is 0 Å². The minimum atomic E-state index is 0.0560. The summed E-state index contributed by atoms with van der Waals surface area (Å²) in [6.45, 7) is 6.82. The van der Waals surface area contributed by atoms with Gasteiger partial charge in [-0.2, -0.15) is 0 Å². The van der Waals surface area contributed by atoms with E-state index in [-0.39, 0.29) is 5.41 Å². The molecule has 1 heterocycles. The van der Waals surface area contributed by atoms with Gasteiger partial charge in [-0.25, -0.2) is 0 Å². The van der Waals surface area contributed by atoms with E-state index in [1.165, 1.54) is 38.6 Å². The lowest BCUT2D eigenvalue weighted by Crippen LogP contribution is -2.12. The Kier molecular flexibility index (Phi) is 5.11. The summed E-state index contributed by atoms with van der Waals surface area (Å²) < 4.78 is 0. The van der Waals surface area contributed by atoms with Gasteiger partial charge in [-0.05, 0) is 68.3 Å². The Morgan fingerprint density at radius 1 is 0.531 bits per heavy atom. The predicted octanol–water partition coefficient (Wildman–Crippen LogP) is 8.53. The summed E-state index contributed by atoms with van der Waals surface area (Å²) >= 11 is 0. The van der Waals surface area contributed by atoms with Crippen LogP contribution in [0.5, 0.6) is 0 Å². The molecule has 5 rings (SSSR count). The van der Waals surface area contributed by atoms with Crippen molar-refractivity contribution in [2.24, 2.45) is 0 Å². The first-order valence-electron chi connectivity index (χ1n) is 11.1. The lowest BCUT2D eigenvalue weighted by molar-refractivity contribution is 0.596. The second-order valence-electron chi connectivity index (χ2n) is 9.37. The molecular formula is C31H27N. The first-order valence-corrected chi connectivity index (χ1v) is 11.1. The Balaban J connectivity index is 1.56. The van der Waals surface area contributed by atoms with Crippen molar-refractivity contribution in [3.8, 4) is 33.5 Å². The zero-order chi connectivity index (χ0) is 22.1. The lowest BCUT2D eigenvalue weighted by atomic mass is 9.82. The third-order valence-corrected chi connectivity index (χ3v) is 6.05. The SMILES string of the molecule is CC(C)(C)c1cc(-c2cc(-c3ccc(-c4ccccc4)cc3)ccn2)cc2ccccc12. The Bertz CT molecular complexity index is 1370. The Morgan fingerprint density at radius 3 is 1.88 bits per heavy atom. The van der Waals surface area contributed by atoms with Gasteiger partial charge in [0.05, 0.1) is 5.69 Å². The van der Waals surface area contributed by atoms with Crippen molar-refractivity contribution in [2.45, 2.75) is 26.2 Å². The van der Waals surface area contributed by atoms with Gasteiger partial charge in [0, 0.05) is 11.8 Å². The van der Waals surface area contributed by atoms with Crippen molar-refractivity contribution >= 4 is 10.8 Å². The molecule has 0 radical (unpaired) electrons. The summed E-state index contributed by atoms with van der Waals surface area (Å²) in [4.78, 5) is 4.73. The zero-order valence-electron chi connectivity index (χ0n) is 18.8. The van der Waals surface area contributed by atoms with Crippen LogP contribution in [0, 0.1) is 0 Å². The van der Waals surface area contributed by atoms with Gasteiger partial charge in [-0.15, -0.1) is 0 Å². The van der Waals surface area contributed by atoms with Gasteiger partial charge in [0.15, 0.2) is 0 Å². The van der Waals surface area contributed by atoms with Gasteiger partial charge < -0.3 is 0 Å². The van der Waals surface area contributed by atoms with Gasteiger partial charge in [0.1, 0.15) is 0 Å². The molecule has 0 aliphatic heterocycles. The molecule has 0 aliphatic carbocycles. The largest absolute Gasteiger partial charge is 0.256 e. The molecule has 32 heavy (non-hydrogen) atoms. The normalized spacial score (nSPS) is 11.6. The maximum absolute atomic E-state index is 4.73. The van der Waals surface area contributed by atoms with E-state index in [4.69, 9.17) is 4.98 Å². The van der Waals surface area contributed by atoms with Gasteiger partial charge in [0.25, 0.3) is 0 Å². The molecule has 0 fully saturated rings.